The molecule has 6 heteroatoms. The van der Waals surface area contributed by atoms with Gasteiger partial charge < -0.3 is 9.84 Å². The fraction of sp³-hybridized carbons (Fsp3) is 0.900. The van der Waals surface area contributed by atoms with Crippen molar-refractivity contribution < 1.29 is 27.8 Å². The number of hydrogen-bond donors (Lipinski definition) is 1. The molecule has 16 heavy (non-hydrogen) atoms. The van der Waals surface area contributed by atoms with E-state index in [1.54, 1.807) is 13.8 Å². The second-order valence-corrected chi connectivity index (χ2v) is 4.27. The van der Waals surface area contributed by atoms with E-state index in [0.717, 1.165) is 0 Å². The molecule has 1 N–H and O–H groups in total. The van der Waals surface area contributed by atoms with Gasteiger partial charge in [0.1, 0.15) is 0 Å². The SMILES string of the molecule is CC(C)(CCCOCCC(F)(F)F)C(=O)O. The monoisotopic (exact) mass is 242 g/mol. The smallest absolute Gasteiger partial charge is 0.391 e. The number of ether oxygens (including phenoxy) is 1. The molecule has 0 spiro atoms. The van der Waals surface area contributed by atoms with Crippen LogP contribution >= 0.6 is 0 Å². The first-order valence-corrected chi connectivity index (χ1v) is 5.03. The lowest BCUT2D eigenvalue weighted by atomic mass is 9.88. The van der Waals surface area contributed by atoms with Gasteiger partial charge in [-0.2, -0.15) is 13.2 Å². The van der Waals surface area contributed by atoms with E-state index in [4.69, 9.17) is 9.84 Å². The summed E-state index contributed by atoms with van der Waals surface area (Å²) in [5, 5.41) is 8.76. The Labute approximate surface area is 92.6 Å². The Hall–Kier alpha value is -0.780. The van der Waals surface area contributed by atoms with Gasteiger partial charge in [-0.3, -0.25) is 4.79 Å². The normalized spacial score (nSPS) is 12.8. The lowest BCUT2D eigenvalue weighted by molar-refractivity contribution is -0.147. The average molecular weight is 242 g/mol. The molecule has 0 saturated heterocycles. The van der Waals surface area contributed by atoms with Gasteiger partial charge in [-0.1, -0.05) is 0 Å². The summed E-state index contributed by atoms with van der Waals surface area (Å²) >= 11 is 0. The average Bonchev–Trinajstić information content (AvgIpc) is 2.09. The maximum atomic E-state index is 11.7. The van der Waals surface area contributed by atoms with Crippen LogP contribution in [0.25, 0.3) is 0 Å². The molecule has 0 saturated carbocycles. The summed E-state index contributed by atoms with van der Waals surface area (Å²) in [6, 6.07) is 0. The van der Waals surface area contributed by atoms with E-state index in [-0.39, 0.29) is 13.2 Å². The van der Waals surface area contributed by atoms with E-state index in [1.807, 2.05) is 0 Å². The van der Waals surface area contributed by atoms with Crippen molar-refractivity contribution in [1.29, 1.82) is 0 Å². The van der Waals surface area contributed by atoms with E-state index in [9.17, 15) is 18.0 Å². The second-order valence-electron chi connectivity index (χ2n) is 4.27. The summed E-state index contributed by atoms with van der Waals surface area (Å²) < 4.78 is 39.9. The Bertz CT molecular complexity index is 224. The molecule has 0 rings (SSSR count). The lowest BCUT2D eigenvalue weighted by Gasteiger charge is -2.18. The van der Waals surface area contributed by atoms with Gasteiger partial charge in [0.15, 0.2) is 0 Å². The number of hydrogen-bond acceptors (Lipinski definition) is 2. The molecule has 0 amide bonds. The molecule has 0 aliphatic rings. The standard InChI is InChI=1S/C10H17F3O3/c1-9(2,8(14)15)4-3-6-16-7-5-10(11,12)13/h3-7H2,1-2H3,(H,14,15). The molecule has 0 radical (unpaired) electrons. The molecule has 3 nitrogen and oxygen atoms in total. The molecular formula is C10H17F3O3. The topological polar surface area (TPSA) is 46.5 Å². The maximum absolute atomic E-state index is 11.7. The maximum Gasteiger partial charge on any atom is 0.391 e. The van der Waals surface area contributed by atoms with Crippen LogP contribution in [0.5, 0.6) is 0 Å². The Morgan fingerprint density at radius 1 is 1.19 bits per heavy atom. The summed E-state index contributed by atoms with van der Waals surface area (Å²) in [5.74, 6) is -0.914. The van der Waals surface area contributed by atoms with Gasteiger partial charge in [-0.05, 0) is 26.7 Å². The largest absolute Gasteiger partial charge is 0.481 e. The fourth-order valence-electron chi connectivity index (χ4n) is 1.01. The van der Waals surface area contributed by atoms with Gasteiger partial charge in [0.25, 0.3) is 0 Å². The number of carbonyl (C=O) groups is 1. The van der Waals surface area contributed by atoms with Gasteiger partial charge >= 0.3 is 12.1 Å². The van der Waals surface area contributed by atoms with Crippen molar-refractivity contribution in [2.45, 2.75) is 39.3 Å². The van der Waals surface area contributed by atoms with Crippen LogP contribution in [0.4, 0.5) is 13.2 Å². The molecule has 0 atom stereocenters. The number of halogens is 3. The number of aliphatic carboxylic acids is 1. The quantitative estimate of drug-likeness (QED) is 0.698. The third-order valence-electron chi connectivity index (χ3n) is 2.20. The minimum absolute atomic E-state index is 0.160. The van der Waals surface area contributed by atoms with Crippen LogP contribution in [0.3, 0.4) is 0 Å². The fourth-order valence-corrected chi connectivity index (χ4v) is 1.01. The third kappa shape index (κ3) is 7.50. The molecule has 0 unspecified atom stereocenters. The predicted molar refractivity (Wildman–Crippen MR) is 52.1 cm³/mol. The van der Waals surface area contributed by atoms with Crippen molar-refractivity contribution in [3.63, 3.8) is 0 Å². The molecule has 0 aromatic heterocycles. The highest BCUT2D eigenvalue weighted by molar-refractivity contribution is 5.73. The van der Waals surface area contributed by atoms with Gasteiger partial charge in [0.05, 0.1) is 18.4 Å². The number of carboxylic acids is 1. The van der Waals surface area contributed by atoms with Crippen molar-refractivity contribution in [3.8, 4) is 0 Å². The molecule has 0 aromatic carbocycles. The van der Waals surface area contributed by atoms with Crippen LogP contribution in [-0.2, 0) is 9.53 Å². The lowest BCUT2D eigenvalue weighted by Crippen LogP contribution is -2.24. The van der Waals surface area contributed by atoms with Crippen LogP contribution in [-0.4, -0.2) is 30.5 Å². The van der Waals surface area contributed by atoms with Gasteiger partial charge in [-0.15, -0.1) is 0 Å². The highest BCUT2D eigenvalue weighted by Crippen LogP contribution is 2.22. The van der Waals surface area contributed by atoms with Crippen LogP contribution in [0, 0.1) is 5.41 Å². The molecule has 0 aliphatic heterocycles. The van der Waals surface area contributed by atoms with Crippen LogP contribution in [0.15, 0.2) is 0 Å². The zero-order chi connectivity index (χ0) is 12.8. The zero-order valence-electron chi connectivity index (χ0n) is 9.43. The number of alkyl halides is 3. The summed E-state index contributed by atoms with van der Waals surface area (Å²) in [7, 11) is 0. The van der Waals surface area contributed by atoms with Crippen LogP contribution in [0.2, 0.25) is 0 Å². The summed E-state index contributed by atoms with van der Waals surface area (Å²) in [4.78, 5) is 10.7. The Morgan fingerprint density at radius 2 is 1.75 bits per heavy atom. The van der Waals surface area contributed by atoms with E-state index >= 15 is 0 Å². The number of carboxylic acid groups (broad SMARTS) is 1. The van der Waals surface area contributed by atoms with Crippen molar-refractivity contribution >= 4 is 5.97 Å². The van der Waals surface area contributed by atoms with E-state index < -0.39 is 24.0 Å². The predicted octanol–water partition coefficient (Wildman–Crippen LogP) is 2.85. The van der Waals surface area contributed by atoms with Crippen LogP contribution in [0.1, 0.15) is 33.1 Å². The summed E-state index contributed by atoms with van der Waals surface area (Å²) in [6.45, 7) is 2.94. The van der Waals surface area contributed by atoms with Gasteiger partial charge in [0.2, 0.25) is 0 Å². The van der Waals surface area contributed by atoms with Crippen molar-refractivity contribution in [1.82, 2.24) is 0 Å². The minimum atomic E-state index is -4.19. The summed E-state index contributed by atoms with van der Waals surface area (Å²) in [6.07, 6.45) is -4.33. The Balaban J connectivity index is 3.52. The van der Waals surface area contributed by atoms with E-state index in [0.29, 0.717) is 12.8 Å². The van der Waals surface area contributed by atoms with E-state index in [2.05, 4.69) is 0 Å². The van der Waals surface area contributed by atoms with Crippen molar-refractivity contribution in [2.24, 2.45) is 5.41 Å². The highest BCUT2D eigenvalue weighted by atomic mass is 19.4. The van der Waals surface area contributed by atoms with Crippen molar-refractivity contribution in [2.75, 3.05) is 13.2 Å². The Morgan fingerprint density at radius 3 is 2.19 bits per heavy atom. The molecule has 0 heterocycles. The molecule has 0 bridgehead atoms. The molecule has 0 fully saturated rings. The zero-order valence-corrected chi connectivity index (χ0v) is 9.43. The third-order valence-corrected chi connectivity index (χ3v) is 2.20. The van der Waals surface area contributed by atoms with Gasteiger partial charge in [0, 0.05) is 6.61 Å². The molecular weight excluding hydrogens is 225 g/mol. The first-order valence-electron chi connectivity index (χ1n) is 5.03. The van der Waals surface area contributed by atoms with Gasteiger partial charge in [-0.25, -0.2) is 0 Å². The second kappa shape index (κ2) is 6.08. The Kier molecular flexibility index (Phi) is 5.78. The molecule has 96 valence electrons. The van der Waals surface area contributed by atoms with E-state index in [1.165, 1.54) is 0 Å². The minimum Gasteiger partial charge on any atom is -0.481 e. The summed E-state index contributed by atoms with van der Waals surface area (Å²) in [5.41, 5.74) is -0.854. The van der Waals surface area contributed by atoms with Crippen molar-refractivity contribution in [3.05, 3.63) is 0 Å². The molecule has 0 aromatic rings. The highest BCUT2D eigenvalue weighted by Gasteiger charge is 2.27. The first kappa shape index (κ1) is 15.2. The first-order chi connectivity index (χ1) is 7.15. The number of rotatable bonds is 7. The van der Waals surface area contributed by atoms with Crippen LogP contribution < -0.4 is 0 Å². The molecule has 0 aliphatic carbocycles.